The second-order valence-electron chi connectivity index (χ2n) is 4.21. The standard InChI is InChI=1S/C12H12BrF3N2O3/c13-8-1-3-9(4-2-8)17-10(19)5-18(6-11(20)21)7-12(14,15)16/h1-4H,5-7H2,(H,17,19)(H,20,21). The number of nitrogens with one attached hydrogen (secondary N) is 1. The van der Waals surface area contributed by atoms with Crippen LogP contribution in [0.15, 0.2) is 28.7 Å². The lowest BCUT2D eigenvalue weighted by Crippen LogP contribution is -2.42. The monoisotopic (exact) mass is 368 g/mol. The Morgan fingerprint density at radius 1 is 1.19 bits per heavy atom. The zero-order chi connectivity index (χ0) is 16.0. The molecule has 0 radical (unpaired) electrons. The van der Waals surface area contributed by atoms with Crippen LogP contribution in [0.3, 0.4) is 0 Å². The number of hydrogen-bond acceptors (Lipinski definition) is 3. The third-order valence-corrected chi connectivity index (χ3v) is 2.79. The molecule has 0 spiro atoms. The van der Waals surface area contributed by atoms with E-state index >= 15 is 0 Å². The smallest absolute Gasteiger partial charge is 0.401 e. The zero-order valence-electron chi connectivity index (χ0n) is 10.7. The van der Waals surface area contributed by atoms with E-state index in [1.165, 1.54) is 0 Å². The van der Waals surface area contributed by atoms with Crippen LogP contribution in [-0.2, 0) is 9.59 Å². The van der Waals surface area contributed by atoms with Gasteiger partial charge >= 0.3 is 12.1 Å². The average Bonchev–Trinajstić information content (AvgIpc) is 2.28. The fourth-order valence-corrected chi connectivity index (χ4v) is 1.81. The highest BCUT2D eigenvalue weighted by atomic mass is 79.9. The molecule has 0 saturated carbocycles. The Morgan fingerprint density at radius 3 is 2.24 bits per heavy atom. The van der Waals surface area contributed by atoms with E-state index in [9.17, 15) is 22.8 Å². The minimum absolute atomic E-state index is 0.408. The van der Waals surface area contributed by atoms with Crippen molar-refractivity contribution in [3.05, 3.63) is 28.7 Å². The van der Waals surface area contributed by atoms with Crippen LogP contribution in [0, 0.1) is 0 Å². The van der Waals surface area contributed by atoms with Gasteiger partial charge < -0.3 is 10.4 Å². The fraction of sp³-hybridized carbons (Fsp3) is 0.333. The Bertz CT molecular complexity index is 505. The predicted molar refractivity (Wildman–Crippen MR) is 72.9 cm³/mol. The summed E-state index contributed by atoms with van der Waals surface area (Å²) in [6, 6.07) is 6.43. The molecule has 1 aromatic carbocycles. The number of hydrogen-bond donors (Lipinski definition) is 2. The van der Waals surface area contributed by atoms with E-state index in [-0.39, 0.29) is 0 Å². The molecule has 0 aliphatic carbocycles. The number of nitrogens with zero attached hydrogens (tertiary/aromatic N) is 1. The topological polar surface area (TPSA) is 69.6 Å². The first-order chi connectivity index (χ1) is 9.65. The maximum atomic E-state index is 12.3. The third kappa shape index (κ3) is 7.66. The van der Waals surface area contributed by atoms with Crippen molar-refractivity contribution in [1.82, 2.24) is 4.90 Å². The molecule has 0 fully saturated rings. The van der Waals surface area contributed by atoms with Gasteiger partial charge in [0.1, 0.15) is 0 Å². The van der Waals surface area contributed by atoms with Gasteiger partial charge in [0.05, 0.1) is 19.6 Å². The third-order valence-electron chi connectivity index (χ3n) is 2.26. The van der Waals surface area contributed by atoms with Crippen LogP contribution in [0.2, 0.25) is 0 Å². The van der Waals surface area contributed by atoms with Crippen LogP contribution in [-0.4, -0.2) is 47.7 Å². The Labute approximate surface area is 126 Å². The Balaban J connectivity index is 2.62. The Kier molecular flexibility index (Phi) is 6.16. The number of carbonyl (C=O) groups is 2. The normalized spacial score (nSPS) is 11.5. The Hall–Kier alpha value is -1.61. The number of amides is 1. The van der Waals surface area contributed by atoms with Gasteiger partial charge in [-0.25, -0.2) is 0 Å². The van der Waals surface area contributed by atoms with Gasteiger partial charge in [-0.2, -0.15) is 13.2 Å². The first kappa shape index (κ1) is 17.4. The molecule has 0 saturated heterocycles. The maximum Gasteiger partial charge on any atom is 0.401 e. The summed E-state index contributed by atoms with van der Waals surface area (Å²) in [5.41, 5.74) is 0.408. The predicted octanol–water partition coefficient (Wildman–Crippen LogP) is 2.34. The summed E-state index contributed by atoms with van der Waals surface area (Å²) in [7, 11) is 0. The fourth-order valence-electron chi connectivity index (χ4n) is 1.55. The first-order valence-corrected chi connectivity index (χ1v) is 6.51. The molecule has 116 valence electrons. The Morgan fingerprint density at radius 2 is 1.76 bits per heavy atom. The number of carbonyl (C=O) groups excluding carboxylic acids is 1. The molecule has 1 aromatic rings. The summed E-state index contributed by atoms with van der Waals surface area (Å²) >= 11 is 3.20. The number of anilines is 1. The minimum Gasteiger partial charge on any atom is -0.480 e. The molecule has 2 N–H and O–H groups in total. The van der Waals surface area contributed by atoms with Gasteiger partial charge in [-0.15, -0.1) is 0 Å². The van der Waals surface area contributed by atoms with Gasteiger partial charge in [-0.1, -0.05) is 15.9 Å². The number of benzene rings is 1. The molecule has 0 unspecified atom stereocenters. The van der Waals surface area contributed by atoms with E-state index in [1.807, 2.05) is 0 Å². The van der Waals surface area contributed by atoms with Crippen LogP contribution in [0.5, 0.6) is 0 Å². The number of alkyl halides is 3. The first-order valence-electron chi connectivity index (χ1n) is 5.72. The molecule has 0 heterocycles. The summed E-state index contributed by atoms with van der Waals surface area (Å²) in [6.45, 7) is -3.00. The number of carboxylic acids is 1. The molecule has 0 aliphatic heterocycles. The van der Waals surface area contributed by atoms with E-state index < -0.39 is 37.7 Å². The summed E-state index contributed by atoms with van der Waals surface area (Å²) in [6.07, 6.45) is -4.58. The number of carboxylic acid groups (broad SMARTS) is 1. The van der Waals surface area contributed by atoms with Crippen molar-refractivity contribution in [2.24, 2.45) is 0 Å². The highest BCUT2D eigenvalue weighted by Crippen LogP contribution is 2.17. The van der Waals surface area contributed by atoms with Crippen LogP contribution in [0.1, 0.15) is 0 Å². The van der Waals surface area contributed by atoms with Crippen LogP contribution >= 0.6 is 15.9 Å². The molecule has 0 aromatic heterocycles. The molecule has 21 heavy (non-hydrogen) atoms. The van der Waals surface area contributed by atoms with Crippen molar-refractivity contribution in [1.29, 1.82) is 0 Å². The highest BCUT2D eigenvalue weighted by Gasteiger charge is 2.32. The molecule has 0 bridgehead atoms. The van der Waals surface area contributed by atoms with Gasteiger partial charge in [-0.05, 0) is 24.3 Å². The molecule has 1 amide bonds. The molecule has 1 rings (SSSR count). The molecular weight excluding hydrogens is 357 g/mol. The average molecular weight is 369 g/mol. The number of rotatable bonds is 6. The van der Waals surface area contributed by atoms with E-state index in [2.05, 4.69) is 21.2 Å². The molecule has 0 aliphatic rings. The number of aliphatic carboxylic acids is 1. The summed E-state index contributed by atoms with van der Waals surface area (Å²) in [5.74, 6) is -2.15. The molecular formula is C12H12BrF3N2O3. The van der Waals surface area contributed by atoms with E-state index in [0.29, 0.717) is 10.6 Å². The lowest BCUT2D eigenvalue weighted by atomic mass is 10.3. The molecule has 9 heteroatoms. The summed E-state index contributed by atoms with van der Waals surface area (Å²) in [5, 5.41) is 11.0. The van der Waals surface area contributed by atoms with Crippen LogP contribution in [0.25, 0.3) is 0 Å². The van der Waals surface area contributed by atoms with Gasteiger partial charge in [0.15, 0.2) is 0 Å². The van der Waals surface area contributed by atoms with Crippen molar-refractivity contribution in [3.8, 4) is 0 Å². The summed E-state index contributed by atoms with van der Waals surface area (Å²) in [4.78, 5) is 22.7. The van der Waals surface area contributed by atoms with Gasteiger partial charge in [-0.3, -0.25) is 14.5 Å². The second-order valence-corrected chi connectivity index (χ2v) is 5.12. The lowest BCUT2D eigenvalue weighted by molar-refractivity contribution is -0.154. The van der Waals surface area contributed by atoms with Crippen molar-refractivity contribution >= 4 is 33.5 Å². The van der Waals surface area contributed by atoms with Gasteiger partial charge in [0.25, 0.3) is 0 Å². The van der Waals surface area contributed by atoms with E-state index in [4.69, 9.17) is 5.11 Å². The largest absolute Gasteiger partial charge is 0.480 e. The molecule has 5 nitrogen and oxygen atoms in total. The van der Waals surface area contributed by atoms with Crippen LogP contribution in [0.4, 0.5) is 18.9 Å². The van der Waals surface area contributed by atoms with Gasteiger partial charge in [0.2, 0.25) is 5.91 Å². The second kappa shape index (κ2) is 7.41. The highest BCUT2D eigenvalue weighted by molar-refractivity contribution is 9.10. The quantitative estimate of drug-likeness (QED) is 0.808. The van der Waals surface area contributed by atoms with Crippen molar-refractivity contribution in [2.75, 3.05) is 25.0 Å². The van der Waals surface area contributed by atoms with Crippen molar-refractivity contribution in [3.63, 3.8) is 0 Å². The summed E-state index contributed by atoms with van der Waals surface area (Å²) < 4.78 is 37.7. The van der Waals surface area contributed by atoms with Gasteiger partial charge in [0, 0.05) is 10.2 Å². The minimum atomic E-state index is -4.58. The van der Waals surface area contributed by atoms with Crippen LogP contribution < -0.4 is 5.32 Å². The maximum absolute atomic E-state index is 12.3. The number of halogens is 4. The van der Waals surface area contributed by atoms with E-state index in [1.54, 1.807) is 24.3 Å². The molecule has 0 atom stereocenters. The SMILES string of the molecule is O=C(O)CN(CC(=O)Nc1ccc(Br)cc1)CC(F)(F)F. The lowest BCUT2D eigenvalue weighted by Gasteiger charge is -2.21. The van der Waals surface area contributed by atoms with Crippen molar-refractivity contribution < 1.29 is 27.9 Å². The van der Waals surface area contributed by atoms with Crippen molar-refractivity contribution in [2.45, 2.75) is 6.18 Å². The zero-order valence-corrected chi connectivity index (χ0v) is 12.2. The van der Waals surface area contributed by atoms with E-state index in [0.717, 1.165) is 4.47 Å².